The molecule has 1 amide bonds. The Hall–Kier alpha value is -3.46. The predicted molar refractivity (Wildman–Crippen MR) is 134 cm³/mol. The average Bonchev–Trinajstić information content (AvgIpc) is 3.40. The van der Waals surface area contributed by atoms with Crippen molar-refractivity contribution in [2.75, 3.05) is 6.54 Å². The quantitative estimate of drug-likeness (QED) is 0.340. The Morgan fingerprint density at radius 2 is 1.71 bits per heavy atom. The Labute approximate surface area is 209 Å². The van der Waals surface area contributed by atoms with Crippen LogP contribution in [0.1, 0.15) is 24.1 Å². The highest BCUT2D eigenvalue weighted by Crippen LogP contribution is 2.31. The summed E-state index contributed by atoms with van der Waals surface area (Å²) < 4.78 is 34.4. The van der Waals surface area contributed by atoms with E-state index in [1.54, 1.807) is 61.7 Å². The number of nitrogens with zero attached hydrogens (tertiary/aromatic N) is 2. The summed E-state index contributed by atoms with van der Waals surface area (Å²) in [4.78, 5) is 17.4. The molecule has 1 atom stereocenters. The topological polar surface area (TPSA) is 92.5 Å². The Bertz CT molecular complexity index is 1360. The third kappa shape index (κ3) is 5.62. The molecule has 1 heterocycles. The molecule has 0 saturated heterocycles. The summed E-state index contributed by atoms with van der Waals surface area (Å²) in [5, 5.41) is 3.20. The monoisotopic (exact) mass is 509 g/mol. The van der Waals surface area contributed by atoms with Crippen LogP contribution in [-0.4, -0.2) is 30.2 Å². The summed E-state index contributed by atoms with van der Waals surface area (Å²) in [6.07, 6.45) is 3.04. The molecule has 0 saturated carbocycles. The number of halogens is 1. The summed E-state index contributed by atoms with van der Waals surface area (Å²) in [6, 6.07) is 20.9. The van der Waals surface area contributed by atoms with Crippen LogP contribution in [0.15, 0.2) is 101 Å². The zero-order valence-electron chi connectivity index (χ0n) is 19.0. The molecule has 1 N–H and O–H groups in total. The van der Waals surface area contributed by atoms with Crippen molar-refractivity contribution < 1.29 is 17.6 Å². The number of amides is 1. The first kappa shape index (κ1) is 24.7. The maximum absolute atomic E-state index is 13.9. The van der Waals surface area contributed by atoms with E-state index in [1.165, 1.54) is 34.8 Å². The summed E-state index contributed by atoms with van der Waals surface area (Å²) in [7, 11) is -4.10. The number of sulfonamides is 1. The Morgan fingerprint density at radius 3 is 2.31 bits per heavy atom. The number of carbonyl (C=O) groups is 1. The number of benzene rings is 3. The predicted octanol–water partition coefficient (Wildman–Crippen LogP) is 5.06. The fourth-order valence-corrected chi connectivity index (χ4v) is 5.40. The number of likely N-dealkylation sites (N-methyl/N-ethyl adjacent to an activating group) is 1. The number of hydrogen-bond donors (Lipinski definition) is 1. The maximum atomic E-state index is 13.9. The van der Waals surface area contributed by atoms with Gasteiger partial charge in [0.2, 0.25) is 21.8 Å². The number of oxazole rings is 1. The minimum absolute atomic E-state index is 0.0342. The molecule has 4 rings (SSSR count). The van der Waals surface area contributed by atoms with Gasteiger partial charge in [0.1, 0.15) is 12.3 Å². The first-order valence-electron chi connectivity index (χ1n) is 11.0. The molecule has 1 unspecified atom stereocenters. The second kappa shape index (κ2) is 10.9. The maximum Gasteiger partial charge on any atom is 0.244 e. The molecule has 35 heavy (non-hydrogen) atoms. The standard InChI is InChI=1S/C26H24ClN3O4S/c1-2-28-25(31)24(20-6-4-3-5-7-20)30(35(32,33)23-14-12-22(27)13-15-23)18-19-8-10-21(11-9-19)26-29-16-17-34-26/h3-17,24H,2,18H2,1H3,(H,28,31). The molecule has 0 aliphatic rings. The van der Waals surface area contributed by atoms with Crippen molar-refractivity contribution in [3.8, 4) is 11.5 Å². The molecule has 0 aliphatic heterocycles. The van der Waals surface area contributed by atoms with Crippen LogP contribution >= 0.6 is 11.6 Å². The highest BCUT2D eigenvalue weighted by molar-refractivity contribution is 7.89. The van der Waals surface area contributed by atoms with Crippen LogP contribution in [0.4, 0.5) is 0 Å². The summed E-state index contributed by atoms with van der Waals surface area (Å²) in [5.41, 5.74) is 2.02. The van der Waals surface area contributed by atoms with Gasteiger partial charge in [-0.15, -0.1) is 0 Å². The van der Waals surface area contributed by atoms with Crippen LogP contribution in [0.2, 0.25) is 5.02 Å². The number of aromatic nitrogens is 1. The zero-order valence-corrected chi connectivity index (χ0v) is 20.5. The van der Waals surface area contributed by atoms with Gasteiger partial charge in [0.25, 0.3) is 0 Å². The lowest BCUT2D eigenvalue weighted by molar-refractivity contribution is -0.125. The largest absolute Gasteiger partial charge is 0.445 e. The van der Waals surface area contributed by atoms with Gasteiger partial charge in [-0.3, -0.25) is 4.79 Å². The van der Waals surface area contributed by atoms with Gasteiger partial charge in [-0.05, 0) is 54.4 Å². The van der Waals surface area contributed by atoms with Crippen LogP contribution in [0.25, 0.3) is 11.5 Å². The van der Waals surface area contributed by atoms with Gasteiger partial charge in [-0.1, -0.05) is 54.1 Å². The molecular weight excluding hydrogens is 486 g/mol. The van der Waals surface area contributed by atoms with Gasteiger partial charge >= 0.3 is 0 Å². The van der Waals surface area contributed by atoms with Crippen LogP contribution in [0.5, 0.6) is 0 Å². The average molecular weight is 510 g/mol. The van der Waals surface area contributed by atoms with Gasteiger partial charge in [-0.2, -0.15) is 4.31 Å². The van der Waals surface area contributed by atoms with Crippen molar-refractivity contribution in [2.24, 2.45) is 0 Å². The van der Waals surface area contributed by atoms with E-state index in [0.717, 1.165) is 5.56 Å². The molecule has 0 spiro atoms. The Morgan fingerprint density at radius 1 is 1.03 bits per heavy atom. The lowest BCUT2D eigenvalue weighted by Gasteiger charge is -2.30. The van der Waals surface area contributed by atoms with E-state index in [9.17, 15) is 13.2 Å². The summed E-state index contributed by atoms with van der Waals surface area (Å²) in [5.74, 6) is 0.0549. The van der Waals surface area contributed by atoms with Gasteiger partial charge in [0.05, 0.1) is 11.1 Å². The second-order valence-corrected chi connectivity index (χ2v) is 10.1. The Balaban J connectivity index is 1.79. The molecule has 1 aromatic heterocycles. The molecule has 0 bridgehead atoms. The Kier molecular flexibility index (Phi) is 7.65. The van der Waals surface area contributed by atoms with Crippen molar-refractivity contribution in [3.05, 3.63) is 107 Å². The fraction of sp³-hybridized carbons (Fsp3) is 0.154. The molecule has 180 valence electrons. The lowest BCUT2D eigenvalue weighted by Crippen LogP contribution is -2.43. The van der Waals surface area contributed by atoms with Crippen LogP contribution < -0.4 is 5.32 Å². The first-order valence-corrected chi connectivity index (χ1v) is 12.8. The van der Waals surface area contributed by atoms with Crippen molar-refractivity contribution in [1.29, 1.82) is 0 Å². The number of nitrogens with one attached hydrogen (secondary N) is 1. The highest BCUT2D eigenvalue weighted by Gasteiger charge is 2.37. The van der Waals surface area contributed by atoms with Gasteiger partial charge < -0.3 is 9.73 Å². The van der Waals surface area contributed by atoms with Gasteiger partial charge in [0, 0.05) is 23.7 Å². The van der Waals surface area contributed by atoms with Gasteiger partial charge in [0.15, 0.2) is 0 Å². The van der Waals surface area contributed by atoms with Crippen molar-refractivity contribution in [1.82, 2.24) is 14.6 Å². The molecule has 7 nitrogen and oxygen atoms in total. The van der Waals surface area contributed by atoms with E-state index in [-0.39, 0.29) is 11.4 Å². The van der Waals surface area contributed by atoms with E-state index in [4.69, 9.17) is 16.0 Å². The molecule has 0 aliphatic carbocycles. The molecule has 0 fully saturated rings. The van der Waals surface area contributed by atoms with Crippen LogP contribution in [0, 0.1) is 0 Å². The fourth-order valence-electron chi connectivity index (χ4n) is 3.71. The summed E-state index contributed by atoms with van der Waals surface area (Å²) >= 11 is 5.99. The van der Waals surface area contributed by atoms with E-state index in [0.29, 0.717) is 28.6 Å². The van der Waals surface area contributed by atoms with Crippen molar-refractivity contribution >= 4 is 27.5 Å². The smallest absolute Gasteiger partial charge is 0.244 e. The van der Waals surface area contributed by atoms with E-state index >= 15 is 0 Å². The normalized spacial score (nSPS) is 12.4. The minimum atomic E-state index is -4.10. The van der Waals surface area contributed by atoms with Crippen LogP contribution in [-0.2, 0) is 21.4 Å². The summed E-state index contributed by atoms with van der Waals surface area (Å²) in [6.45, 7) is 2.12. The zero-order chi connectivity index (χ0) is 24.8. The SMILES string of the molecule is CCNC(=O)C(c1ccccc1)N(Cc1ccc(-c2ncco2)cc1)S(=O)(=O)c1ccc(Cl)cc1. The first-order chi connectivity index (χ1) is 16.9. The lowest BCUT2D eigenvalue weighted by atomic mass is 10.1. The third-order valence-electron chi connectivity index (χ3n) is 5.39. The number of carbonyl (C=O) groups excluding carboxylic acids is 1. The molecular formula is C26H24ClN3O4S. The second-order valence-electron chi connectivity index (χ2n) is 7.75. The van der Waals surface area contributed by atoms with Crippen molar-refractivity contribution in [2.45, 2.75) is 24.4 Å². The van der Waals surface area contributed by atoms with Gasteiger partial charge in [-0.25, -0.2) is 13.4 Å². The third-order valence-corrected chi connectivity index (χ3v) is 7.47. The van der Waals surface area contributed by atoms with E-state index in [2.05, 4.69) is 10.3 Å². The molecule has 0 radical (unpaired) electrons. The molecule has 4 aromatic rings. The minimum Gasteiger partial charge on any atom is -0.445 e. The number of hydrogen-bond acceptors (Lipinski definition) is 5. The van der Waals surface area contributed by atoms with Crippen molar-refractivity contribution in [3.63, 3.8) is 0 Å². The van der Waals surface area contributed by atoms with Crippen LogP contribution in [0.3, 0.4) is 0 Å². The molecule has 9 heteroatoms. The molecule has 3 aromatic carbocycles. The van der Waals surface area contributed by atoms with E-state index in [1.807, 2.05) is 6.07 Å². The van der Waals surface area contributed by atoms with E-state index < -0.39 is 22.0 Å². The highest BCUT2D eigenvalue weighted by atomic mass is 35.5. The number of rotatable bonds is 9.